The maximum Gasteiger partial charge on any atom is 0.338 e. The van der Waals surface area contributed by atoms with Gasteiger partial charge in [0.15, 0.2) is 6.10 Å². The van der Waals surface area contributed by atoms with Gasteiger partial charge in [-0.3, -0.25) is 4.79 Å². The van der Waals surface area contributed by atoms with E-state index in [0.29, 0.717) is 18.0 Å². The molecule has 32 heavy (non-hydrogen) atoms. The van der Waals surface area contributed by atoms with Crippen molar-refractivity contribution in [1.82, 2.24) is 4.31 Å². The van der Waals surface area contributed by atoms with Crippen LogP contribution in [0.15, 0.2) is 53.4 Å². The molecule has 0 aromatic heterocycles. The fraction of sp³-hybridized carbons (Fsp3) is 0.391. The van der Waals surface area contributed by atoms with Gasteiger partial charge in [0, 0.05) is 18.3 Å². The zero-order valence-electron chi connectivity index (χ0n) is 18.4. The quantitative estimate of drug-likeness (QED) is 0.635. The van der Waals surface area contributed by atoms with Crippen molar-refractivity contribution in [3.8, 4) is 5.75 Å². The topological polar surface area (TPSA) is 102 Å². The number of hydrogen-bond donors (Lipinski definition) is 1. The molecular weight excluding hydrogens is 432 g/mol. The first-order valence-corrected chi connectivity index (χ1v) is 11.9. The van der Waals surface area contributed by atoms with Crippen LogP contribution in [0.1, 0.15) is 43.5 Å². The maximum atomic E-state index is 12.9. The van der Waals surface area contributed by atoms with Crippen LogP contribution in [0.2, 0.25) is 0 Å². The molecule has 8 nitrogen and oxygen atoms in total. The van der Waals surface area contributed by atoms with Crippen molar-refractivity contribution in [1.29, 1.82) is 0 Å². The van der Waals surface area contributed by atoms with Crippen LogP contribution in [0.3, 0.4) is 0 Å². The highest BCUT2D eigenvalue weighted by Crippen LogP contribution is 2.25. The molecule has 2 unspecified atom stereocenters. The second-order valence-electron chi connectivity index (χ2n) is 7.75. The van der Waals surface area contributed by atoms with Gasteiger partial charge in [0.25, 0.3) is 5.91 Å². The number of benzene rings is 2. The monoisotopic (exact) mass is 460 g/mol. The molecule has 0 bridgehead atoms. The summed E-state index contributed by atoms with van der Waals surface area (Å²) < 4.78 is 37.6. The zero-order chi connectivity index (χ0) is 23.3. The number of rotatable bonds is 7. The van der Waals surface area contributed by atoms with Crippen LogP contribution in [0.4, 0.5) is 5.69 Å². The molecule has 0 saturated carbocycles. The van der Waals surface area contributed by atoms with E-state index in [-0.39, 0.29) is 16.5 Å². The molecule has 2 atom stereocenters. The molecule has 1 amide bonds. The zero-order valence-corrected chi connectivity index (χ0v) is 19.2. The number of piperidine rings is 1. The van der Waals surface area contributed by atoms with E-state index >= 15 is 0 Å². The maximum absolute atomic E-state index is 12.9. The van der Waals surface area contributed by atoms with Gasteiger partial charge < -0.3 is 14.8 Å². The number of methoxy groups -OCH3 is 1. The molecular formula is C23H28N2O6S. The van der Waals surface area contributed by atoms with E-state index in [1.807, 2.05) is 6.92 Å². The summed E-state index contributed by atoms with van der Waals surface area (Å²) in [5, 5.41) is 2.66. The fourth-order valence-electron chi connectivity index (χ4n) is 3.53. The smallest absolute Gasteiger partial charge is 0.338 e. The van der Waals surface area contributed by atoms with Gasteiger partial charge in [-0.25, -0.2) is 13.2 Å². The van der Waals surface area contributed by atoms with Gasteiger partial charge >= 0.3 is 5.97 Å². The first-order valence-electron chi connectivity index (χ1n) is 10.5. The molecule has 2 aromatic rings. The SMILES string of the molecule is COc1ccc(NC(=O)C(C)OC(=O)c2ccc(S(=O)(=O)N3CCCCC3C)cc2)cc1. The predicted molar refractivity (Wildman–Crippen MR) is 120 cm³/mol. The van der Waals surface area contributed by atoms with E-state index in [1.165, 1.54) is 35.5 Å². The predicted octanol–water partition coefficient (Wildman–Crippen LogP) is 3.44. The fourth-order valence-corrected chi connectivity index (χ4v) is 5.23. The third-order valence-electron chi connectivity index (χ3n) is 5.45. The summed E-state index contributed by atoms with van der Waals surface area (Å²) in [5.41, 5.74) is 0.708. The van der Waals surface area contributed by atoms with Crippen molar-refractivity contribution in [3.63, 3.8) is 0 Å². The standard InChI is InChI=1S/C23H28N2O6S/c1-16-6-4-5-15-25(16)32(28,29)21-13-7-18(8-14-21)23(27)31-17(2)22(26)24-19-9-11-20(30-3)12-10-19/h7-14,16-17H,4-6,15H2,1-3H3,(H,24,26). The number of esters is 1. The number of ether oxygens (including phenoxy) is 2. The molecule has 0 aliphatic carbocycles. The van der Waals surface area contributed by atoms with E-state index in [2.05, 4.69) is 5.32 Å². The van der Waals surface area contributed by atoms with Crippen LogP contribution in [-0.2, 0) is 19.6 Å². The molecule has 1 aliphatic heterocycles. The summed E-state index contributed by atoms with van der Waals surface area (Å²) in [4.78, 5) is 24.9. The summed E-state index contributed by atoms with van der Waals surface area (Å²) in [6.07, 6.45) is 1.65. The van der Waals surface area contributed by atoms with Crippen LogP contribution in [0, 0.1) is 0 Å². The third kappa shape index (κ3) is 5.46. The molecule has 1 N–H and O–H groups in total. The lowest BCUT2D eigenvalue weighted by atomic mass is 10.1. The number of nitrogens with one attached hydrogen (secondary N) is 1. The first kappa shape index (κ1) is 23.7. The highest BCUT2D eigenvalue weighted by Gasteiger charge is 2.31. The average Bonchev–Trinajstić information content (AvgIpc) is 2.79. The second-order valence-corrected chi connectivity index (χ2v) is 9.64. The van der Waals surface area contributed by atoms with Gasteiger partial charge in [-0.15, -0.1) is 0 Å². The van der Waals surface area contributed by atoms with Gasteiger partial charge in [-0.05, 0) is 75.2 Å². The van der Waals surface area contributed by atoms with E-state index < -0.39 is 28.0 Å². The highest BCUT2D eigenvalue weighted by molar-refractivity contribution is 7.89. The van der Waals surface area contributed by atoms with Gasteiger partial charge in [0.1, 0.15) is 5.75 Å². The first-order chi connectivity index (χ1) is 15.2. The van der Waals surface area contributed by atoms with Crippen molar-refractivity contribution in [3.05, 3.63) is 54.1 Å². The second kappa shape index (κ2) is 10.1. The third-order valence-corrected chi connectivity index (χ3v) is 7.48. The summed E-state index contributed by atoms with van der Waals surface area (Å²) in [7, 11) is -2.07. The summed E-state index contributed by atoms with van der Waals surface area (Å²) in [6, 6.07) is 12.3. The lowest BCUT2D eigenvalue weighted by Gasteiger charge is -2.32. The minimum atomic E-state index is -3.62. The Morgan fingerprint density at radius 3 is 2.31 bits per heavy atom. The normalized spacial score (nSPS) is 17.9. The van der Waals surface area contributed by atoms with Crippen LogP contribution in [0.25, 0.3) is 0 Å². The van der Waals surface area contributed by atoms with Gasteiger partial charge in [-0.1, -0.05) is 6.42 Å². The van der Waals surface area contributed by atoms with Gasteiger partial charge in [0.2, 0.25) is 10.0 Å². The number of amides is 1. The van der Waals surface area contributed by atoms with Crippen molar-refractivity contribution in [2.45, 2.75) is 50.2 Å². The molecule has 0 radical (unpaired) electrons. The number of carbonyl (C=O) groups is 2. The Hall–Kier alpha value is -2.91. The Kier molecular flexibility index (Phi) is 7.52. The molecule has 2 aromatic carbocycles. The Balaban J connectivity index is 1.61. The molecule has 1 fully saturated rings. The summed E-state index contributed by atoms with van der Waals surface area (Å²) >= 11 is 0. The molecule has 0 spiro atoms. The summed E-state index contributed by atoms with van der Waals surface area (Å²) in [6.45, 7) is 3.86. The molecule has 1 saturated heterocycles. The highest BCUT2D eigenvalue weighted by atomic mass is 32.2. The minimum absolute atomic E-state index is 0.0524. The van der Waals surface area contributed by atoms with E-state index in [0.717, 1.165) is 19.3 Å². The number of hydrogen-bond acceptors (Lipinski definition) is 6. The van der Waals surface area contributed by atoms with Crippen molar-refractivity contribution in [2.24, 2.45) is 0 Å². The Bertz CT molecular complexity index is 1050. The van der Waals surface area contributed by atoms with Crippen LogP contribution in [-0.4, -0.2) is 50.4 Å². The Morgan fingerprint density at radius 1 is 1.06 bits per heavy atom. The minimum Gasteiger partial charge on any atom is -0.497 e. The van der Waals surface area contributed by atoms with Gasteiger partial charge in [0.05, 0.1) is 17.6 Å². The van der Waals surface area contributed by atoms with Gasteiger partial charge in [-0.2, -0.15) is 4.31 Å². The largest absolute Gasteiger partial charge is 0.497 e. The molecule has 1 aliphatic rings. The number of sulfonamides is 1. The summed E-state index contributed by atoms with van der Waals surface area (Å²) in [5.74, 6) is -0.540. The van der Waals surface area contributed by atoms with Crippen molar-refractivity contribution < 1.29 is 27.5 Å². The average molecular weight is 461 g/mol. The number of carbonyl (C=O) groups excluding carboxylic acids is 2. The van der Waals surface area contributed by atoms with Crippen LogP contribution in [0.5, 0.6) is 5.75 Å². The van der Waals surface area contributed by atoms with Crippen molar-refractivity contribution in [2.75, 3.05) is 19.0 Å². The number of anilines is 1. The Labute approximate surface area is 188 Å². The van der Waals surface area contributed by atoms with Crippen LogP contribution >= 0.6 is 0 Å². The molecule has 3 rings (SSSR count). The van der Waals surface area contributed by atoms with Crippen LogP contribution < -0.4 is 10.1 Å². The molecule has 172 valence electrons. The lowest BCUT2D eigenvalue weighted by Crippen LogP contribution is -2.41. The lowest BCUT2D eigenvalue weighted by molar-refractivity contribution is -0.123. The molecule has 9 heteroatoms. The Morgan fingerprint density at radius 2 is 1.72 bits per heavy atom. The van der Waals surface area contributed by atoms with E-state index in [1.54, 1.807) is 31.4 Å². The van der Waals surface area contributed by atoms with E-state index in [4.69, 9.17) is 9.47 Å². The molecule has 1 heterocycles. The van der Waals surface area contributed by atoms with Crippen molar-refractivity contribution >= 4 is 27.6 Å². The van der Waals surface area contributed by atoms with E-state index in [9.17, 15) is 18.0 Å². The number of nitrogens with zero attached hydrogens (tertiary/aromatic N) is 1.